The molecule has 158 valence electrons. The van der Waals surface area contributed by atoms with Crippen molar-refractivity contribution in [3.63, 3.8) is 0 Å². The number of carbonyl (C=O) groups is 1. The van der Waals surface area contributed by atoms with Crippen LogP contribution in [0.1, 0.15) is 37.6 Å². The summed E-state index contributed by atoms with van der Waals surface area (Å²) in [5.74, 6) is 7.20. The van der Waals surface area contributed by atoms with Crippen molar-refractivity contribution in [3.05, 3.63) is 35.0 Å². The predicted octanol–water partition coefficient (Wildman–Crippen LogP) is 3.76. The zero-order chi connectivity index (χ0) is 22.3. The van der Waals surface area contributed by atoms with E-state index in [2.05, 4.69) is 44.3 Å². The van der Waals surface area contributed by atoms with Crippen LogP contribution in [0.5, 0.6) is 11.5 Å². The Hall–Kier alpha value is -3.17. The summed E-state index contributed by atoms with van der Waals surface area (Å²) >= 11 is 3.32. The van der Waals surface area contributed by atoms with Gasteiger partial charge in [-0.2, -0.15) is 10.4 Å². The van der Waals surface area contributed by atoms with Crippen molar-refractivity contribution in [2.45, 2.75) is 26.4 Å². The van der Waals surface area contributed by atoms with E-state index in [9.17, 15) is 10.1 Å². The van der Waals surface area contributed by atoms with Crippen molar-refractivity contribution in [1.82, 2.24) is 9.78 Å². The molecule has 0 fully saturated rings. The number of alkyl halides is 1. The van der Waals surface area contributed by atoms with Gasteiger partial charge in [-0.15, -0.1) is 4.68 Å². The van der Waals surface area contributed by atoms with E-state index in [0.29, 0.717) is 28.9 Å². The molecule has 0 bridgehead atoms. The van der Waals surface area contributed by atoms with E-state index in [-0.39, 0.29) is 17.1 Å². The summed E-state index contributed by atoms with van der Waals surface area (Å²) in [5.41, 5.74) is 0.203. The van der Waals surface area contributed by atoms with E-state index in [4.69, 9.17) is 14.2 Å². The van der Waals surface area contributed by atoms with E-state index in [0.717, 1.165) is 4.68 Å². The van der Waals surface area contributed by atoms with Crippen molar-refractivity contribution >= 4 is 27.8 Å². The number of halogens is 1. The second-order valence-electron chi connectivity index (χ2n) is 7.04. The summed E-state index contributed by atoms with van der Waals surface area (Å²) in [5, 5.41) is 17.5. The Balaban J connectivity index is 2.53. The predicted molar refractivity (Wildman–Crippen MR) is 116 cm³/mol. The van der Waals surface area contributed by atoms with Gasteiger partial charge in [-0.25, -0.2) is 4.79 Å². The van der Waals surface area contributed by atoms with Crippen LogP contribution in [-0.2, 0) is 4.74 Å². The molecular formula is C21H23BrN4O4. The van der Waals surface area contributed by atoms with E-state index < -0.39 is 11.7 Å². The monoisotopic (exact) mass is 474 g/mol. The van der Waals surface area contributed by atoms with Crippen molar-refractivity contribution in [2.75, 3.05) is 31.4 Å². The Kier molecular flexibility index (Phi) is 7.73. The van der Waals surface area contributed by atoms with E-state index in [1.165, 1.54) is 0 Å². The second-order valence-corrected chi connectivity index (χ2v) is 7.84. The number of carbonyl (C=O) groups excluding carboxylic acids is 1. The number of nitrogens with zero attached hydrogens (tertiary/aromatic N) is 3. The van der Waals surface area contributed by atoms with Crippen LogP contribution in [0.4, 0.5) is 10.6 Å². The first-order valence-corrected chi connectivity index (χ1v) is 10.2. The van der Waals surface area contributed by atoms with Crippen molar-refractivity contribution in [2.24, 2.45) is 0 Å². The number of hydrogen-bond donors (Lipinski definition) is 1. The normalized spacial score (nSPS) is 10.4. The summed E-state index contributed by atoms with van der Waals surface area (Å²) in [6.07, 6.45) is -0.702. The highest BCUT2D eigenvalue weighted by Gasteiger charge is 2.25. The van der Waals surface area contributed by atoms with Crippen LogP contribution in [-0.4, -0.2) is 47.6 Å². The first kappa shape index (κ1) is 23.1. The lowest BCUT2D eigenvalue weighted by Gasteiger charge is -2.19. The molecule has 0 aliphatic heterocycles. The van der Waals surface area contributed by atoms with Crippen molar-refractivity contribution in [3.8, 4) is 29.4 Å². The first-order valence-electron chi connectivity index (χ1n) is 9.03. The minimum Gasteiger partial charge on any atom is -0.497 e. The van der Waals surface area contributed by atoms with Gasteiger partial charge >= 0.3 is 6.09 Å². The maximum atomic E-state index is 12.6. The van der Waals surface area contributed by atoms with Crippen LogP contribution >= 0.6 is 15.9 Å². The molecule has 0 aliphatic carbocycles. The summed E-state index contributed by atoms with van der Waals surface area (Å²) in [4.78, 5) is 12.6. The van der Waals surface area contributed by atoms with Crippen molar-refractivity contribution < 1.29 is 19.0 Å². The lowest BCUT2D eigenvalue weighted by Crippen LogP contribution is -2.28. The Morgan fingerprint density at radius 1 is 1.20 bits per heavy atom. The highest BCUT2D eigenvalue weighted by atomic mass is 79.9. The fraction of sp³-hybridized carbons (Fsp3) is 0.381. The smallest absolute Gasteiger partial charge is 0.437 e. The van der Waals surface area contributed by atoms with Gasteiger partial charge in [0.15, 0.2) is 11.5 Å². The highest BCUT2D eigenvalue weighted by molar-refractivity contribution is 9.09. The van der Waals surface area contributed by atoms with Gasteiger partial charge in [-0.3, -0.25) is 0 Å². The summed E-state index contributed by atoms with van der Waals surface area (Å²) in [6, 6.07) is 7.26. The molecule has 2 aromatic rings. The number of methoxy groups -OCH3 is 2. The van der Waals surface area contributed by atoms with Crippen LogP contribution in [0.25, 0.3) is 0 Å². The number of anilines is 1. The molecule has 8 nitrogen and oxygen atoms in total. The Bertz CT molecular complexity index is 1000. The zero-order valence-electron chi connectivity index (χ0n) is 17.5. The minimum atomic E-state index is -0.717. The Morgan fingerprint density at radius 3 is 2.33 bits per heavy atom. The third-order valence-corrected chi connectivity index (χ3v) is 4.02. The lowest BCUT2D eigenvalue weighted by molar-refractivity contribution is 0.0518. The largest absolute Gasteiger partial charge is 0.497 e. The molecule has 0 radical (unpaired) electrons. The molecule has 1 aromatic carbocycles. The summed E-state index contributed by atoms with van der Waals surface area (Å²) in [7, 11) is 3.09. The average Bonchev–Trinajstić information content (AvgIpc) is 3.06. The van der Waals surface area contributed by atoms with Crippen LogP contribution in [0, 0.1) is 23.2 Å². The number of ether oxygens (including phenoxy) is 3. The SMILES string of the molecule is COc1cc(C#Cc2nn(C(=O)OC(C)(C)C)c(NCCBr)c2C#N)cc(OC)c1. The fourth-order valence-electron chi connectivity index (χ4n) is 2.39. The average molecular weight is 475 g/mol. The fourth-order valence-corrected chi connectivity index (χ4v) is 2.59. The number of aromatic nitrogens is 2. The molecule has 1 aromatic heterocycles. The maximum absolute atomic E-state index is 12.6. The van der Waals surface area contributed by atoms with Gasteiger partial charge < -0.3 is 19.5 Å². The van der Waals surface area contributed by atoms with Crippen LogP contribution in [0.15, 0.2) is 18.2 Å². The Morgan fingerprint density at radius 2 is 1.83 bits per heavy atom. The maximum Gasteiger partial charge on any atom is 0.437 e. The van der Waals surface area contributed by atoms with Gasteiger partial charge in [0.05, 0.1) is 14.2 Å². The molecule has 0 aliphatic rings. The summed E-state index contributed by atoms with van der Waals surface area (Å²) in [6.45, 7) is 5.73. The highest BCUT2D eigenvalue weighted by Crippen LogP contribution is 2.23. The lowest BCUT2D eigenvalue weighted by atomic mass is 10.2. The second kappa shape index (κ2) is 10.0. The molecule has 0 saturated heterocycles. The molecule has 1 N–H and O–H groups in total. The number of nitriles is 1. The minimum absolute atomic E-state index is 0.155. The van der Waals surface area contributed by atoms with Crippen LogP contribution in [0.2, 0.25) is 0 Å². The molecular weight excluding hydrogens is 452 g/mol. The topological polar surface area (TPSA) is 98.4 Å². The van der Waals surface area contributed by atoms with Gasteiger partial charge in [-0.1, -0.05) is 21.9 Å². The Labute approximate surface area is 184 Å². The molecule has 0 spiro atoms. The zero-order valence-corrected chi connectivity index (χ0v) is 19.1. The standard InChI is InChI=1S/C21H23BrN4O4/c1-21(2,3)30-20(27)26-19(24-9-8-22)17(13-23)18(25-26)7-6-14-10-15(28-4)12-16(11-14)29-5/h10-12,24H,8-9H2,1-5H3. The molecule has 0 unspecified atom stereocenters. The molecule has 2 rings (SSSR count). The van der Waals surface area contributed by atoms with Gasteiger partial charge in [0.25, 0.3) is 0 Å². The van der Waals surface area contributed by atoms with E-state index >= 15 is 0 Å². The van der Waals surface area contributed by atoms with Crippen molar-refractivity contribution in [1.29, 1.82) is 5.26 Å². The van der Waals surface area contributed by atoms with Gasteiger partial charge in [0.1, 0.15) is 28.7 Å². The van der Waals surface area contributed by atoms with Gasteiger partial charge in [0.2, 0.25) is 0 Å². The van der Waals surface area contributed by atoms with E-state index in [1.54, 1.807) is 53.2 Å². The number of rotatable bonds is 5. The van der Waals surface area contributed by atoms with E-state index in [1.807, 2.05) is 0 Å². The molecule has 9 heteroatoms. The quantitative estimate of drug-likeness (QED) is 0.520. The molecule has 1 heterocycles. The molecule has 30 heavy (non-hydrogen) atoms. The molecule has 0 atom stereocenters. The van der Waals surface area contributed by atoms with Crippen LogP contribution in [0.3, 0.4) is 0 Å². The molecule has 0 amide bonds. The first-order chi connectivity index (χ1) is 14.2. The number of benzene rings is 1. The summed E-state index contributed by atoms with van der Waals surface area (Å²) < 4.78 is 16.9. The van der Waals surface area contributed by atoms with Gasteiger partial charge in [-0.05, 0) is 38.8 Å². The third kappa shape index (κ3) is 5.91. The van der Waals surface area contributed by atoms with Gasteiger partial charge in [0, 0.05) is 23.5 Å². The third-order valence-electron chi connectivity index (χ3n) is 3.63. The molecule has 0 saturated carbocycles. The number of hydrogen-bond acceptors (Lipinski definition) is 7. The van der Waals surface area contributed by atoms with Crippen LogP contribution < -0.4 is 14.8 Å². The number of nitrogens with one attached hydrogen (secondary N) is 1.